The van der Waals surface area contributed by atoms with Gasteiger partial charge in [0.25, 0.3) is 0 Å². The van der Waals surface area contributed by atoms with Gasteiger partial charge in [-0.25, -0.2) is 4.79 Å². The highest BCUT2D eigenvalue weighted by Gasteiger charge is 2.50. The van der Waals surface area contributed by atoms with Gasteiger partial charge in [0.05, 0.1) is 0 Å². The number of hydrogen-bond acceptors (Lipinski definition) is 3. The first-order valence-corrected chi connectivity index (χ1v) is 7.04. The van der Waals surface area contributed by atoms with Gasteiger partial charge in [-0.05, 0) is 56.6 Å². The summed E-state index contributed by atoms with van der Waals surface area (Å²) >= 11 is 0. The Morgan fingerprint density at radius 3 is 2.58 bits per heavy atom. The predicted octanol–water partition coefficient (Wildman–Crippen LogP) is 2.95. The Bertz CT molecular complexity index is 552. The van der Waals surface area contributed by atoms with Crippen LogP contribution in [-0.2, 0) is 14.3 Å². The minimum absolute atomic E-state index is 0.217. The minimum atomic E-state index is -0.522. The van der Waals surface area contributed by atoms with Crippen molar-refractivity contribution >= 4 is 11.8 Å². The SMILES string of the molecule is CC1=C2C3=C(C)C(=O)OC3(C)CC[C@H](C)[C@H]2CC1=O. The molecule has 0 saturated heterocycles. The molecule has 2 aliphatic carbocycles. The fourth-order valence-electron chi connectivity index (χ4n) is 3.94. The van der Waals surface area contributed by atoms with Gasteiger partial charge in [-0.2, -0.15) is 0 Å². The summed E-state index contributed by atoms with van der Waals surface area (Å²) in [6.45, 7) is 7.94. The number of ether oxygens (including phenoxy) is 1. The summed E-state index contributed by atoms with van der Waals surface area (Å²) in [6.07, 6.45) is 2.45. The fraction of sp³-hybridized carbons (Fsp3) is 0.625. The second-order valence-corrected chi connectivity index (χ2v) is 6.41. The van der Waals surface area contributed by atoms with E-state index in [9.17, 15) is 9.59 Å². The van der Waals surface area contributed by atoms with Crippen molar-refractivity contribution in [3.63, 3.8) is 0 Å². The quantitative estimate of drug-likeness (QED) is 0.629. The molecule has 1 unspecified atom stereocenters. The van der Waals surface area contributed by atoms with E-state index in [1.165, 1.54) is 0 Å². The largest absolute Gasteiger partial charge is 0.451 e. The van der Waals surface area contributed by atoms with Gasteiger partial charge >= 0.3 is 5.97 Å². The van der Waals surface area contributed by atoms with E-state index in [2.05, 4.69) is 6.92 Å². The van der Waals surface area contributed by atoms with Crippen molar-refractivity contribution in [3.05, 3.63) is 22.3 Å². The first-order valence-electron chi connectivity index (χ1n) is 7.04. The fourth-order valence-corrected chi connectivity index (χ4v) is 3.94. The summed E-state index contributed by atoms with van der Waals surface area (Å²) in [5, 5.41) is 0. The van der Waals surface area contributed by atoms with E-state index in [4.69, 9.17) is 4.74 Å². The number of ketones is 1. The van der Waals surface area contributed by atoms with Crippen molar-refractivity contribution in [2.24, 2.45) is 11.8 Å². The first-order chi connectivity index (χ1) is 8.85. The molecular formula is C16H20O3. The molecule has 0 radical (unpaired) electrons. The molecule has 3 atom stereocenters. The second kappa shape index (κ2) is 3.81. The normalized spacial score (nSPS) is 38.3. The highest BCUT2D eigenvalue weighted by Crippen LogP contribution is 2.52. The van der Waals surface area contributed by atoms with Gasteiger partial charge in [0.2, 0.25) is 0 Å². The van der Waals surface area contributed by atoms with Crippen LogP contribution in [0.1, 0.15) is 47.0 Å². The molecule has 0 aromatic heterocycles. The number of esters is 1. The zero-order valence-electron chi connectivity index (χ0n) is 12.0. The van der Waals surface area contributed by atoms with Crippen LogP contribution in [0.5, 0.6) is 0 Å². The van der Waals surface area contributed by atoms with E-state index >= 15 is 0 Å². The van der Waals surface area contributed by atoms with Crippen LogP contribution >= 0.6 is 0 Å². The molecule has 102 valence electrons. The average molecular weight is 260 g/mol. The number of carbonyl (C=O) groups excluding carboxylic acids is 2. The molecule has 3 aliphatic rings. The van der Waals surface area contributed by atoms with Gasteiger partial charge in [0, 0.05) is 17.6 Å². The lowest BCUT2D eigenvalue weighted by Gasteiger charge is -2.26. The summed E-state index contributed by atoms with van der Waals surface area (Å²) < 4.78 is 5.63. The third kappa shape index (κ3) is 1.57. The Kier molecular flexibility index (Phi) is 2.54. The van der Waals surface area contributed by atoms with E-state index in [0.717, 1.165) is 29.6 Å². The van der Waals surface area contributed by atoms with Crippen molar-refractivity contribution in [1.82, 2.24) is 0 Å². The minimum Gasteiger partial charge on any atom is -0.451 e. The van der Waals surface area contributed by atoms with Gasteiger partial charge in [-0.1, -0.05) is 6.92 Å². The van der Waals surface area contributed by atoms with E-state index < -0.39 is 5.60 Å². The van der Waals surface area contributed by atoms with Crippen LogP contribution in [-0.4, -0.2) is 17.4 Å². The lowest BCUT2D eigenvalue weighted by molar-refractivity contribution is -0.146. The Morgan fingerprint density at radius 1 is 1.21 bits per heavy atom. The number of fused-ring (bicyclic) bond motifs is 3. The molecule has 19 heavy (non-hydrogen) atoms. The molecule has 1 saturated carbocycles. The highest BCUT2D eigenvalue weighted by molar-refractivity contribution is 6.02. The van der Waals surface area contributed by atoms with Crippen LogP contribution in [0, 0.1) is 11.8 Å². The van der Waals surface area contributed by atoms with Gasteiger partial charge in [0.15, 0.2) is 5.78 Å². The Hall–Kier alpha value is -1.38. The van der Waals surface area contributed by atoms with E-state index in [1.54, 1.807) is 0 Å². The summed E-state index contributed by atoms with van der Waals surface area (Å²) in [5.41, 5.74) is 3.14. The second-order valence-electron chi connectivity index (χ2n) is 6.41. The van der Waals surface area contributed by atoms with Gasteiger partial charge in [-0.15, -0.1) is 0 Å². The van der Waals surface area contributed by atoms with Gasteiger partial charge < -0.3 is 4.74 Å². The number of hydrogen-bond donors (Lipinski definition) is 0. The lowest BCUT2D eigenvalue weighted by atomic mass is 9.82. The van der Waals surface area contributed by atoms with Crippen molar-refractivity contribution in [2.45, 2.75) is 52.6 Å². The van der Waals surface area contributed by atoms with Crippen LogP contribution in [0.25, 0.3) is 0 Å². The van der Waals surface area contributed by atoms with Crippen LogP contribution in [0.2, 0.25) is 0 Å². The van der Waals surface area contributed by atoms with Gasteiger partial charge in [-0.3, -0.25) is 4.79 Å². The van der Waals surface area contributed by atoms with Crippen LogP contribution in [0.4, 0.5) is 0 Å². The molecule has 1 heterocycles. The molecule has 0 bridgehead atoms. The van der Waals surface area contributed by atoms with Crippen molar-refractivity contribution in [1.29, 1.82) is 0 Å². The molecule has 3 nitrogen and oxygen atoms in total. The maximum Gasteiger partial charge on any atom is 0.335 e. The van der Waals surface area contributed by atoms with Crippen molar-refractivity contribution < 1.29 is 14.3 Å². The Morgan fingerprint density at radius 2 is 1.89 bits per heavy atom. The third-order valence-corrected chi connectivity index (χ3v) is 5.16. The smallest absolute Gasteiger partial charge is 0.335 e. The Balaban J connectivity index is 2.25. The van der Waals surface area contributed by atoms with E-state index in [0.29, 0.717) is 17.9 Å². The van der Waals surface area contributed by atoms with Crippen molar-refractivity contribution in [3.8, 4) is 0 Å². The molecule has 3 rings (SSSR count). The molecule has 1 fully saturated rings. The maximum atomic E-state index is 12.1. The lowest BCUT2D eigenvalue weighted by Crippen LogP contribution is -2.28. The summed E-state index contributed by atoms with van der Waals surface area (Å²) in [6, 6.07) is 0. The number of allylic oxidation sites excluding steroid dienone is 1. The molecule has 0 aromatic carbocycles. The van der Waals surface area contributed by atoms with E-state index in [-0.39, 0.29) is 17.7 Å². The number of Topliss-reactive ketones (excluding diaryl/α,β-unsaturated/α-hetero) is 1. The molecule has 1 aliphatic heterocycles. The third-order valence-electron chi connectivity index (χ3n) is 5.16. The molecule has 3 heteroatoms. The summed E-state index contributed by atoms with van der Waals surface area (Å²) in [4.78, 5) is 24.0. The average Bonchev–Trinajstić information content (AvgIpc) is 2.70. The summed E-state index contributed by atoms with van der Waals surface area (Å²) in [7, 11) is 0. The zero-order valence-corrected chi connectivity index (χ0v) is 12.0. The Labute approximate surface area is 113 Å². The number of rotatable bonds is 0. The molecule has 0 amide bonds. The number of carbonyl (C=O) groups is 2. The highest BCUT2D eigenvalue weighted by atomic mass is 16.6. The zero-order chi connectivity index (χ0) is 13.9. The van der Waals surface area contributed by atoms with E-state index in [1.807, 2.05) is 20.8 Å². The maximum absolute atomic E-state index is 12.1. The van der Waals surface area contributed by atoms with Crippen LogP contribution < -0.4 is 0 Å². The van der Waals surface area contributed by atoms with Crippen LogP contribution in [0.3, 0.4) is 0 Å². The molecular weight excluding hydrogens is 240 g/mol. The summed E-state index contributed by atoms with van der Waals surface area (Å²) in [5.74, 6) is 0.757. The van der Waals surface area contributed by atoms with Crippen LogP contribution in [0.15, 0.2) is 22.3 Å². The first kappa shape index (κ1) is 12.6. The standard InChI is InChI=1S/C16H20O3/c1-8-5-6-16(4)14(10(3)15(18)19-16)13-9(2)12(17)7-11(8)13/h8,11H,5-7H2,1-4H3/t8-,11+,16?/m0/s1. The molecule has 0 spiro atoms. The molecule has 0 aromatic rings. The predicted molar refractivity (Wildman–Crippen MR) is 71.4 cm³/mol. The topological polar surface area (TPSA) is 43.4 Å². The monoisotopic (exact) mass is 260 g/mol. The van der Waals surface area contributed by atoms with Crippen molar-refractivity contribution in [2.75, 3.05) is 0 Å². The molecule has 0 N–H and O–H groups in total. The van der Waals surface area contributed by atoms with Gasteiger partial charge in [0.1, 0.15) is 5.60 Å².